The van der Waals surface area contributed by atoms with E-state index in [-0.39, 0.29) is 22.9 Å². The minimum absolute atomic E-state index is 0.00880. The Hall–Kier alpha value is -1.97. The van der Waals surface area contributed by atoms with Gasteiger partial charge in [0.2, 0.25) is 5.91 Å². The molecule has 2 N–H and O–H groups in total. The number of benzene rings is 1. The average molecular weight is 355 g/mol. The SMILES string of the molecule is O=C(O)CSCC(=O)Nc1ccc(F)cc1OCCC(F)(F)F. The zero-order valence-corrected chi connectivity index (χ0v) is 12.5. The van der Waals surface area contributed by atoms with Gasteiger partial charge >= 0.3 is 12.1 Å². The van der Waals surface area contributed by atoms with Gasteiger partial charge in [-0.05, 0) is 12.1 Å². The summed E-state index contributed by atoms with van der Waals surface area (Å²) in [6.07, 6.45) is -5.63. The number of hydrogen-bond donors (Lipinski definition) is 2. The summed E-state index contributed by atoms with van der Waals surface area (Å²) in [5.74, 6) is -3.07. The maximum atomic E-state index is 13.2. The van der Waals surface area contributed by atoms with Crippen LogP contribution < -0.4 is 10.1 Å². The molecule has 128 valence electrons. The Balaban J connectivity index is 2.63. The number of aliphatic carboxylic acids is 1. The first-order valence-electron chi connectivity index (χ1n) is 6.26. The monoisotopic (exact) mass is 355 g/mol. The molecule has 0 radical (unpaired) electrons. The molecular formula is C13H13F4NO4S. The van der Waals surface area contributed by atoms with Crippen LogP contribution in [0.3, 0.4) is 0 Å². The number of ether oxygens (including phenoxy) is 1. The number of rotatable bonds is 8. The first-order chi connectivity index (χ1) is 10.7. The number of carboxylic acids is 1. The zero-order chi connectivity index (χ0) is 17.5. The minimum Gasteiger partial charge on any atom is -0.491 e. The van der Waals surface area contributed by atoms with Gasteiger partial charge in [0.05, 0.1) is 30.2 Å². The number of carboxylic acid groups (broad SMARTS) is 1. The lowest BCUT2D eigenvalue weighted by Gasteiger charge is -2.13. The van der Waals surface area contributed by atoms with Crippen LogP contribution in [0.2, 0.25) is 0 Å². The Labute approximate surface area is 133 Å². The Morgan fingerprint density at radius 3 is 2.57 bits per heavy atom. The third kappa shape index (κ3) is 8.29. The van der Waals surface area contributed by atoms with Gasteiger partial charge in [-0.25, -0.2) is 4.39 Å². The smallest absolute Gasteiger partial charge is 0.392 e. The lowest BCUT2D eigenvalue weighted by atomic mass is 10.2. The second-order valence-electron chi connectivity index (χ2n) is 4.29. The average Bonchev–Trinajstić information content (AvgIpc) is 2.40. The molecule has 0 aliphatic carbocycles. The third-order valence-corrected chi connectivity index (χ3v) is 3.24. The normalized spacial score (nSPS) is 11.1. The molecule has 1 aromatic carbocycles. The number of carbonyl (C=O) groups is 2. The Morgan fingerprint density at radius 2 is 1.96 bits per heavy atom. The molecule has 10 heteroatoms. The quantitative estimate of drug-likeness (QED) is 0.702. The second-order valence-corrected chi connectivity index (χ2v) is 5.27. The van der Waals surface area contributed by atoms with Gasteiger partial charge in [-0.3, -0.25) is 9.59 Å². The largest absolute Gasteiger partial charge is 0.491 e. The van der Waals surface area contributed by atoms with Crippen molar-refractivity contribution in [3.8, 4) is 5.75 Å². The molecule has 0 saturated carbocycles. The van der Waals surface area contributed by atoms with E-state index in [0.717, 1.165) is 30.0 Å². The van der Waals surface area contributed by atoms with Gasteiger partial charge in [0.15, 0.2) is 0 Å². The van der Waals surface area contributed by atoms with Gasteiger partial charge < -0.3 is 15.2 Å². The molecule has 23 heavy (non-hydrogen) atoms. The summed E-state index contributed by atoms with van der Waals surface area (Å²) < 4.78 is 54.3. The summed E-state index contributed by atoms with van der Waals surface area (Å²) in [6, 6.07) is 3.02. The summed E-state index contributed by atoms with van der Waals surface area (Å²) >= 11 is 0.844. The van der Waals surface area contributed by atoms with Crippen molar-refractivity contribution in [3.63, 3.8) is 0 Å². The molecule has 0 atom stereocenters. The van der Waals surface area contributed by atoms with E-state index in [0.29, 0.717) is 0 Å². The van der Waals surface area contributed by atoms with Crippen LogP contribution in [-0.2, 0) is 9.59 Å². The van der Waals surface area contributed by atoms with E-state index >= 15 is 0 Å². The molecule has 0 aliphatic rings. The van der Waals surface area contributed by atoms with Crippen LogP contribution in [0.1, 0.15) is 6.42 Å². The van der Waals surface area contributed by atoms with Crippen molar-refractivity contribution in [3.05, 3.63) is 24.0 Å². The van der Waals surface area contributed by atoms with E-state index < -0.39 is 36.9 Å². The highest BCUT2D eigenvalue weighted by atomic mass is 32.2. The summed E-state index contributed by atoms with van der Waals surface area (Å²) in [7, 11) is 0. The van der Waals surface area contributed by atoms with E-state index in [1.165, 1.54) is 0 Å². The summed E-state index contributed by atoms with van der Waals surface area (Å²) in [5, 5.41) is 10.8. The van der Waals surface area contributed by atoms with Crippen molar-refractivity contribution in [2.24, 2.45) is 0 Å². The molecule has 0 unspecified atom stereocenters. The third-order valence-electron chi connectivity index (χ3n) is 2.32. The first kappa shape index (κ1) is 19.1. The lowest BCUT2D eigenvalue weighted by molar-refractivity contribution is -0.139. The maximum Gasteiger partial charge on any atom is 0.392 e. The highest BCUT2D eigenvalue weighted by Gasteiger charge is 2.27. The molecule has 0 heterocycles. The highest BCUT2D eigenvalue weighted by molar-refractivity contribution is 8.00. The van der Waals surface area contributed by atoms with Crippen molar-refractivity contribution in [2.45, 2.75) is 12.6 Å². The molecule has 0 aromatic heterocycles. The number of anilines is 1. The van der Waals surface area contributed by atoms with Crippen LogP contribution in [0.5, 0.6) is 5.75 Å². The predicted molar refractivity (Wildman–Crippen MR) is 76.2 cm³/mol. The fraction of sp³-hybridized carbons (Fsp3) is 0.385. The lowest BCUT2D eigenvalue weighted by Crippen LogP contribution is -2.17. The van der Waals surface area contributed by atoms with Gasteiger partial charge in [0, 0.05) is 6.07 Å². The van der Waals surface area contributed by atoms with E-state index in [2.05, 4.69) is 5.32 Å². The molecule has 1 rings (SSSR count). The van der Waals surface area contributed by atoms with Gasteiger partial charge in [0.1, 0.15) is 11.6 Å². The van der Waals surface area contributed by atoms with Crippen LogP contribution in [0.4, 0.5) is 23.2 Å². The van der Waals surface area contributed by atoms with Gasteiger partial charge in [-0.1, -0.05) is 0 Å². The van der Waals surface area contributed by atoms with E-state index in [9.17, 15) is 27.2 Å². The Morgan fingerprint density at radius 1 is 1.26 bits per heavy atom. The fourth-order valence-corrected chi connectivity index (χ4v) is 1.95. The number of nitrogens with one attached hydrogen (secondary N) is 1. The van der Waals surface area contributed by atoms with E-state index in [1.54, 1.807) is 0 Å². The first-order valence-corrected chi connectivity index (χ1v) is 7.41. The number of amides is 1. The van der Waals surface area contributed by atoms with E-state index in [4.69, 9.17) is 9.84 Å². The van der Waals surface area contributed by atoms with Gasteiger partial charge in [-0.15, -0.1) is 11.8 Å². The van der Waals surface area contributed by atoms with Crippen LogP contribution in [0.15, 0.2) is 18.2 Å². The summed E-state index contributed by atoms with van der Waals surface area (Å²) in [5.41, 5.74) is 0.00880. The standard InChI is InChI=1S/C13H13F4NO4S/c14-8-1-2-9(18-11(19)6-23-7-12(20)21)10(5-8)22-4-3-13(15,16)17/h1-2,5H,3-4,6-7H2,(H,18,19)(H,20,21). The number of alkyl halides is 3. The van der Waals surface area contributed by atoms with Gasteiger partial charge in [0.25, 0.3) is 0 Å². The number of carbonyl (C=O) groups excluding carboxylic acids is 1. The molecule has 1 aromatic rings. The van der Waals surface area contributed by atoms with Crippen molar-refractivity contribution in [1.82, 2.24) is 0 Å². The van der Waals surface area contributed by atoms with Crippen molar-refractivity contribution >= 4 is 29.3 Å². The zero-order valence-electron chi connectivity index (χ0n) is 11.7. The molecular weight excluding hydrogens is 342 g/mol. The summed E-state index contributed by atoms with van der Waals surface area (Å²) in [4.78, 5) is 21.9. The Bertz CT molecular complexity index is 565. The molecule has 5 nitrogen and oxygen atoms in total. The van der Waals surface area contributed by atoms with E-state index in [1.807, 2.05) is 0 Å². The van der Waals surface area contributed by atoms with Crippen LogP contribution in [0.25, 0.3) is 0 Å². The summed E-state index contributed by atoms with van der Waals surface area (Å²) in [6.45, 7) is -0.719. The van der Waals surface area contributed by atoms with Gasteiger partial charge in [-0.2, -0.15) is 13.2 Å². The van der Waals surface area contributed by atoms with Crippen molar-refractivity contribution < 1.29 is 37.0 Å². The Kier molecular flexibility index (Phi) is 7.14. The molecule has 0 saturated heterocycles. The van der Waals surface area contributed by atoms with Crippen molar-refractivity contribution in [1.29, 1.82) is 0 Å². The molecule has 0 bridgehead atoms. The molecule has 0 spiro atoms. The fourth-order valence-electron chi connectivity index (χ4n) is 1.41. The minimum atomic E-state index is -4.41. The van der Waals surface area contributed by atoms with Crippen LogP contribution in [-0.4, -0.2) is 41.3 Å². The number of thioether (sulfide) groups is 1. The predicted octanol–water partition coefficient (Wildman–Crippen LogP) is 2.91. The van der Waals surface area contributed by atoms with Crippen molar-refractivity contribution in [2.75, 3.05) is 23.4 Å². The van der Waals surface area contributed by atoms with Crippen LogP contribution in [0, 0.1) is 5.82 Å². The molecule has 1 amide bonds. The van der Waals surface area contributed by atoms with Crippen LogP contribution >= 0.6 is 11.8 Å². The molecule has 0 aliphatic heterocycles. The molecule has 0 fully saturated rings. The highest BCUT2D eigenvalue weighted by Crippen LogP contribution is 2.27. The second kappa shape index (κ2) is 8.61. The maximum absolute atomic E-state index is 13.2. The topological polar surface area (TPSA) is 75.6 Å². The number of halogens is 4. The number of hydrogen-bond acceptors (Lipinski definition) is 4.